The van der Waals surface area contributed by atoms with Gasteiger partial charge in [0.15, 0.2) is 0 Å². The lowest BCUT2D eigenvalue weighted by Crippen LogP contribution is -2.45. The van der Waals surface area contributed by atoms with E-state index in [9.17, 15) is 9.90 Å². The van der Waals surface area contributed by atoms with Gasteiger partial charge >= 0.3 is 0 Å². The first-order chi connectivity index (χ1) is 11.5. The van der Waals surface area contributed by atoms with Crippen LogP contribution < -0.4 is 4.90 Å². The Labute approximate surface area is 140 Å². The van der Waals surface area contributed by atoms with E-state index in [4.69, 9.17) is 0 Å². The molecule has 1 N–H and O–H groups in total. The highest BCUT2D eigenvalue weighted by molar-refractivity contribution is 5.93. The van der Waals surface area contributed by atoms with Crippen molar-refractivity contribution in [2.75, 3.05) is 31.6 Å². The third-order valence-electron chi connectivity index (χ3n) is 4.29. The van der Waals surface area contributed by atoms with Gasteiger partial charge in [-0.1, -0.05) is 0 Å². The standard InChI is InChI=1S/C16H22N6O2/c1-3-22-10-13(8-19-22)15(23)20(2)11-16(24)4-7-21(12-16)14-9-17-5-6-18-14/h5-6,8-10,24H,3-4,7,11-12H2,1-2H3. The first-order valence-electron chi connectivity index (χ1n) is 8.02. The summed E-state index contributed by atoms with van der Waals surface area (Å²) in [4.78, 5) is 24.3. The molecule has 0 aromatic carbocycles. The maximum Gasteiger partial charge on any atom is 0.256 e. The Morgan fingerprint density at radius 2 is 2.25 bits per heavy atom. The third kappa shape index (κ3) is 3.38. The Kier molecular flexibility index (Phi) is 4.48. The summed E-state index contributed by atoms with van der Waals surface area (Å²) in [5.74, 6) is 0.604. The van der Waals surface area contributed by atoms with Crippen molar-refractivity contribution >= 4 is 11.7 Å². The Bertz CT molecular complexity index is 704. The first-order valence-corrected chi connectivity index (χ1v) is 8.02. The molecule has 2 aromatic heterocycles. The van der Waals surface area contributed by atoms with Gasteiger partial charge in [0.25, 0.3) is 5.91 Å². The van der Waals surface area contributed by atoms with Crippen LogP contribution in [0.3, 0.4) is 0 Å². The van der Waals surface area contributed by atoms with Crippen molar-refractivity contribution in [3.63, 3.8) is 0 Å². The number of aromatic nitrogens is 4. The molecule has 0 radical (unpaired) electrons. The summed E-state index contributed by atoms with van der Waals surface area (Å²) >= 11 is 0. The van der Waals surface area contributed by atoms with Crippen LogP contribution >= 0.6 is 0 Å². The molecular weight excluding hydrogens is 308 g/mol. The van der Waals surface area contributed by atoms with Crippen LogP contribution in [0.1, 0.15) is 23.7 Å². The van der Waals surface area contributed by atoms with Crippen molar-refractivity contribution in [1.29, 1.82) is 0 Å². The van der Waals surface area contributed by atoms with Gasteiger partial charge in [-0.3, -0.25) is 14.5 Å². The molecule has 128 valence electrons. The van der Waals surface area contributed by atoms with E-state index in [0.29, 0.717) is 31.6 Å². The molecule has 8 heteroatoms. The Hall–Kier alpha value is -2.48. The zero-order valence-corrected chi connectivity index (χ0v) is 14.0. The number of hydrogen-bond donors (Lipinski definition) is 1. The van der Waals surface area contributed by atoms with Crippen LogP contribution in [0.4, 0.5) is 5.82 Å². The molecule has 1 unspecified atom stereocenters. The molecule has 1 aliphatic rings. The maximum absolute atomic E-state index is 12.5. The second-order valence-corrected chi connectivity index (χ2v) is 6.21. The van der Waals surface area contributed by atoms with Gasteiger partial charge in [-0.05, 0) is 13.3 Å². The molecule has 0 saturated carbocycles. The van der Waals surface area contributed by atoms with Crippen molar-refractivity contribution in [1.82, 2.24) is 24.6 Å². The molecule has 1 aliphatic heterocycles. The van der Waals surface area contributed by atoms with Gasteiger partial charge in [-0.15, -0.1) is 0 Å². The number of carbonyl (C=O) groups is 1. The van der Waals surface area contributed by atoms with Crippen molar-refractivity contribution in [2.24, 2.45) is 0 Å². The number of hydrogen-bond acceptors (Lipinski definition) is 6. The van der Waals surface area contributed by atoms with Gasteiger partial charge in [0.05, 0.1) is 24.5 Å². The quantitative estimate of drug-likeness (QED) is 0.854. The van der Waals surface area contributed by atoms with Crippen molar-refractivity contribution in [3.8, 4) is 0 Å². The molecule has 3 heterocycles. The van der Waals surface area contributed by atoms with E-state index in [2.05, 4.69) is 15.1 Å². The van der Waals surface area contributed by atoms with Crippen LogP contribution in [0.2, 0.25) is 0 Å². The number of aliphatic hydroxyl groups is 1. The summed E-state index contributed by atoms with van der Waals surface area (Å²) in [5, 5.41) is 15.0. The summed E-state index contributed by atoms with van der Waals surface area (Å²) in [6.07, 6.45) is 8.80. The van der Waals surface area contributed by atoms with E-state index in [1.165, 1.54) is 0 Å². The lowest BCUT2D eigenvalue weighted by atomic mass is 10.0. The van der Waals surface area contributed by atoms with Crippen LogP contribution in [0.5, 0.6) is 0 Å². The van der Waals surface area contributed by atoms with Crippen LogP contribution in [0.25, 0.3) is 0 Å². The van der Waals surface area contributed by atoms with Gasteiger partial charge in [0.2, 0.25) is 0 Å². The molecular formula is C16H22N6O2. The number of nitrogens with zero attached hydrogens (tertiary/aromatic N) is 6. The zero-order chi connectivity index (χ0) is 17.2. The summed E-state index contributed by atoms with van der Waals surface area (Å²) in [7, 11) is 1.70. The molecule has 8 nitrogen and oxygen atoms in total. The minimum Gasteiger partial charge on any atom is -0.386 e. The number of amides is 1. The number of β-amino-alcohol motifs (C(OH)–C–C–N with tert-alkyl or cyclic N) is 1. The number of aryl methyl sites for hydroxylation is 1. The zero-order valence-electron chi connectivity index (χ0n) is 14.0. The fraction of sp³-hybridized carbons (Fsp3) is 0.500. The summed E-state index contributed by atoms with van der Waals surface area (Å²) < 4.78 is 1.71. The predicted octanol–water partition coefficient (Wildman–Crippen LogP) is 0.406. The Morgan fingerprint density at radius 1 is 1.42 bits per heavy atom. The average Bonchev–Trinajstić information content (AvgIpc) is 3.22. The molecule has 0 spiro atoms. The largest absolute Gasteiger partial charge is 0.386 e. The lowest BCUT2D eigenvalue weighted by molar-refractivity contribution is 0.0264. The van der Waals surface area contributed by atoms with Crippen molar-refractivity contribution in [3.05, 3.63) is 36.5 Å². The minimum absolute atomic E-state index is 0.138. The number of likely N-dealkylation sites (N-methyl/N-ethyl adjacent to an activating group) is 1. The molecule has 1 saturated heterocycles. The highest BCUT2D eigenvalue weighted by Crippen LogP contribution is 2.26. The third-order valence-corrected chi connectivity index (χ3v) is 4.29. The fourth-order valence-electron chi connectivity index (χ4n) is 3.02. The summed E-state index contributed by atoms with van der Waals surface area (Å²) in [6, 6.07) is 0. The van der Waals surface area contributed by atoms with E-state index < -0.39 is 5.60 Å². The van der Waals surface area contributed by atoms with E-state index in [1.807, 2.05) is 11.8 Å². The smallest absolute Gasteiger partial charge is 0.256 e. The number of carbonyl (C=O) groups excluding carboxylic acids is 1. The second-order valence-electron chi connectivity index (χ2n) is 6.21. The van der Waals surface area contributed by atoms with E-state index in [-0.39, 0.29) is 12.5 Å². The molecule has 1 atom stereocenters. The molecule has 0 aliphatic carbocycles. The predicted molar refractivity (Wildman–Crippen MR) is 88.7 cm³/mol. The number of rotatable bonds is 5. The average molecular weight is 330 g/mol. The first kappa shape index (κ1) is 16.4. The van der Waals surface area contributed by atoms with E-state index in [1.54, 1.807) is 47.6 Å². The maximum atomic E-state index is 12.5. The normalized spacial score (nSPS) is 20.4. The molecule has 24 heavy (non-hydrogen) atoms. The molecule has 1 fully saturated rings. The van der Waals surface area contributed by atoms with E-state index >= 15 is 0 Å². The van der Waals surface area contributed by atoms with Crippen molar-refractivity contribution in [2.45, 2.75) is 25.5 Å². The van der Waals surface area contributed by atoms with Gasteiger partial charge < -0.3 is 14.9 Å². The van der Waals surface area contributed by atoms with Crippen LogP contribution in [0, 0.1) is 0 Å². The molecule has 1 amide bonds. The molecule has 0 bridgehead atoms. The summed E-state index contributed by atoms with van der Waals surface area (Å²) in [6.45, 7) is 4.06. The fourth-order valence-corrected chi connectivity index (χ4v) is 3.02. The Balaban J connectivity index is 1.63. The van der Waals surface area contributed by atoms with Crippen LogP contribution in [-0.2, 0) is 6.54 Å². The van der Waals surface area contributed by atoms with Gasteiger partial charge in [0, 0.05) is 45.3 Å². The highest BCUT2D eigenvalue weighted by Gasteiger charge is 2.38. The molecule has 2 aromatic rings. The minimum atomic E-state index is -0.956. The number of anilines is 1. The van der Waals surface area contributed by atoms with E-state index in [0.717, 1.165) is 5.82 Å². The second kappa shape index (κ2) is 6.56. The topological polar surface area (TPSA) is 87.4 Å². The lowest BCUT2D eigenvalue weighted by Gasteiger charge is -2.28. The van der Waals surface area contributed by atoms with Crippen molar-refractivity contribution < 1.29 is 9.90 Å². The van der Waals surface area contributed by atoms with Gasteiger partial charge in [0.1, 0.15) is 11.4 Å². The Morgan fingerprint density at radius 3 is 2.92 bits per heavy atom. The van der Waals surface area contributed by atoms with Gasteiger partial charge in [-0.25, -0.2) is 4.98 Å². The van der Waals surface area contributed by atoms with Crippen LogP contribution in [0.15, 0.2) is 31.0 Å². The highest BCUT2D eigenvalue weighted by atomic mass is 16.3. The van der Waals surface area contributed by atoms with Gasteiger partial charge in [-0.2, -0.15) is 5.10 Å². The molecule has 3 rings (SSSR count). The monoisotopic (exact) mass is 330 g/mol. The van der Waals surface area contributed by atoms with Crippen LogP contribution in [-0.4, -0.2) is 67.9 Å². The summed E-state index contributed by atoms with van der Waals surface area (Å²) in [5.41, 5.74) is -0.422. The SMILES string of the molecule is CCn1cc(C(=O)N(C)CC2(O)CCN(c3cnccn3)C2)cn1.